The first-order valence-corrected chi connectivity index (χ1v) is 13.6. The zero-order valence-electron chi connectivity index (χ0n) is 16.7. The summed E-state index contributed by atoms with van der Waals surface area (Å²) in [6.07, 6.45) is 4.34. The summed E-state index contributed by atoms with van der Waals surface area (Å²) in [5.74, 6) is 1.71. The molecule has 1 N–H and O–H groups in total. The molecule has 0 amide bonds. The van der Waals surface area contributed by atoms with Gasteiger partial charge in [-0.05, 0) is 45.0 Å². The summed E-state index contributed by atoms with van der Waals surface area (Å²) in [6, 6.07) is 9.88. The first-order valence-electron chi connectivity index (χ1n) is 9.85. The van der Waals surface area contributed by atoms with E-state index >= 15 is 0 Å². The van der Waals surface area contributed by atoms with Crippen molar-refractivity contribution in [1.82, 2.24) is 14.9 Å². The monoisotopic (exact) mass is 371 g/mol. The molecule has 0 spiro atoms. The highest BCUT2D eigenvalue weighted by Gasteiger charge is 2.22. The quantitative estimate of drug-likeness (QED) is 0.569. The second-order valence-corrected chi connectivity index (χ2v) is 14.3. The van der Waals surface area contributed by atoms with Gasteiger partial charge in [-0.15, -0.1) is 0 Å². The van der Waals surface area contributed by atoms with Crippen LogP contribution in [0.4, 0.5) is 0 Å². The standard InChI is InChI=1S/C21H33N3OSi/c1-17-6-5-7-19(14-17)20-15-23-21(18-8-10-22-11-9-18)24(20)16-25-12-13-26(2,3)4/h5-7,14-15,18,22H,8-13,16H2,1-4H3. The Bertz CT molecular complexity index is 714. The molecule has 0 atom stereocenters. The van der Waals surface area contributed by atoms with Crippen molar-refractivity contribution < 1.29 is 4.74 Å². The number of hydrogen-bond donors (Lipinski definition) is 1. The maximum Gasteiger partial charge on any atom is 0.124 e. The fourth-order valence-corrected chi connectivity index (χ4v) is 4.26. The number of ether oxygens (including phenoxy) is 1. The van der Waals surface area contributed by atoms with Crippen molar-refractivity contribution in [3.05, 3.63) is 41.9 Å². The van der Waals surface area contributed by atoms with Gasteiger partial charge in [-0.2, -0.15) is 0 Å². The summed E-state index contributed by atoms with van der Waals surface area (Å²) < 4.78 is 8.43. The minimum Gasteiger partial charge on any atom is -0.361 e. The Kier molecular flexibility index (Phi) is 6.32. The van der Waals surface area contributed by atoms with Crippen LogP contribution in [0.1, 0.15) is 30.1 Å². The van der Waals surface area contributed by atoms with Crippen LogP contribution in [0.3, 0.4) is 0 Å². The van der Waals surface area contributed by atoms with Crippen molar-refractivity contribution in [3.63, 3.8) is 0 Å². The Morgan fingerprint density at radius 2 is 2.00 bits per heavy atom. The molecule has 1 aliphatic rings. The van der Waals surface area contributed by atoms with Crippen LogP contribution >= 0.6 is 0 Å². The van der Waals surface area contributed by atoms with Crippen molar-refractivity contribution in [2.45, 2.75) is 58.1 Å². The maximum absolute atomic E-state index is 6.12. The second kappa shape index (κ2) is 8.50. The molecule has 1 saturated heterocycles. The fourth-order valence-electron chi connectivity index (χ4n) is 3.50. The van der Waals surface area contributed by atoms with E-state index in [-0.39, 0.29) is 0 Å². The minimum atomic E-state index is -1.07. The van der Waals surface area contributed by atoms with Gasteiger partial charge in [-0.25, -0.2) is 4.98 Å². The molecule has 0 bridgehead atoms. The number of nitrogens with one attached hydrogen (secondary N) is 1. The number of imidazole rings is 1. The zero-order valence-corrected chi connectivity index (χ0v) is 17.7. The summed E-state index contributed by atoms with van der Waals surface area (Å²) in [5.41, 5.74) is 3.68. The van der Waals surface area contributed by atoms with E-state index in [1.54, 1.807) is 0 Å². The van der Waals surface area contributed by atoms with Crippen molar-refractivity contribution >= 4 is 8.07 Å². The van der Waals surface area contributed by atoms with Crippen LogP contribution in [0, 0.1) is 6.92 Å². The van der Waals surface area contributed by atoms with Crippen LogP contribution in [0.25, 0.3) is 11.3 Å². The zero-order chi connectivity index (χ0) is 18.6. The van der Waals surface area contributed by atoms with E-state index < -0.39 is 8.07 Å². The average molecular weight is 372 g/mol. The molecule has 0 aliphatic carbocycles. The topological polar surface area (TPSA) is 39.1 Å². The van der Waals surface area contributed by atoms with Crippen LogP contribution in [0.5, 0.6) is 0 Å². The van der Waals surface area contributed by atoms with Crippen molar-refractivity contribution in [1.29, 1.82) is 0 Å². The number of rotatable bonds is 7. The average Bonchev–Trinajstić information content (AvgIpc) is 3.02. The van der Waals surface area contributed by atoms with Crippen molar-refractivity contribution in [3.8, 4) is 11.3 Å². The first-order chi connectivity index (χ1) is 12.4. The Labute approximate surface area is 159 Å². The number of aromatic nitrogens is 2. The van der Waals surface area contributed by atoms with Gasteiger partial charge in [0.15, 0.2) is 0 Å². The van der Waals surface area contributed by atoms with Gasteiger partial charge in [-0.1, -0.05) is 43.4 Å². The number of aryl methyl sites for hydroxylation is 1. The Balaban J connectivity index is 1.83. The number of piperidine rings is 1. The van der Waals surface area contributed by atoms with E-state index in [4.69, 9.17) is 9.72 Å². The van der Waals surface area contributed by atoms with Gasteiger partial charge in [-0.3, -0.25) is 0 Å². The van der Waals surface area contributed by atoms with Crippen LogP contribution in [-0.4, -0.2) is 37.3 Å². The lowest BCUT2D eigenvalue weighted by Gasteiger charge is -2.24. The molecule has 1 aliphatic heterocycles. The summed E-state index contributed by atoms with van der Waals surface area (Å²) in [7, 11) is -1.07. The van der Waals surface area contributed by atoms with E-state index in [1.165, 1.54) is 28.7 Å². The maximum atomic E-state index is 6.12. The van der Waals surface area contributed by atoms with E-state index in [1.807, 2.05) is 6.20 Å². The van der Waals surface area contributed by atoms with E-state index in [0.29, 0.717) is 12.6 Å². The van der Waals surface area contributed by atoms with Crippen molar-refractivity contribution in [2.24, 2.45) is 0 Å². The van der Waals surface area contributed by atoms with Gasteiger partial charge in [0, 0.05) is 26.2 Å². The lowest BCUT2D eigenvalue weighted by atomic mass is 9.97. The molecule has 1 aromatic heterocycles. The summed E-state index contributed by atoms with van der Waals surface area (Å²) in [4.78, 5) is 4.84. The lowest BCUT2D eigenvalue weighted by Crippen LogP contribution is -2.28. The van der Waals surface area contributed by atoms with Gasteiger partial charge in [0.1, 0.15) is 12.6 Å². The van der Waals surface area contributed by atoms with Crippen LogP contribution in [0.2, 0.25) is 25.7 Å². The highest BCUT2D eigenvalue weighted by atomic mass is 28.3. The van der Waals surface area contributed by atoms with Crippen molar-refractivity contribution in [2.75, 3.05) is 19.7 Å². The summed E-state index contributed by atoms with van der Waals surface area (Å²) >= 11 is 0. The van der Waals surface area contributed by atoms with Gasteiger partial charge >= 0.3 is 0 Å². The molecule has 2 heterocycles. The van der Waals surface area contributed by atoms with E-state index in [0.717, 1.165) is 32.5 Å². The number of hydrogen-bond acceptors (Lipinski definition) is 3. The molecule has 5 heteroatoms. The van der Waals surface area contributed by atoms with Crippen LogP contribution < -0.4 is 5.32 Å². The van der Waals surface area contributed by atoms with E-state index in [9.17, 15) is 0 Å². The largest absolute Gasteiger partial charge is 0.361 e. The van der Waals surface area contributed by atoms with Gasteiger partial charge < -0.3 is 14.6 Å². The van der Waals surface area contributed by atoms with Crippen LogP contribution in [0.15, 0.2) is 30.5 Å². The molecule has 4 nitrogen and oxygen atoms in total. The summed E-state index contributed by atoms with van der Waals surface area (Å²) in [5, 5.41) is 3.46. The normalized spacial score (nSPS) is 16.2. The lowest BCUT2D eigenvalue weighted by molar-refractivity contribution is 0.0849. The fraction of sp³-hybridized carbons (Fsp3) is 0.571. The molecule has 1 fully saturated rings. The molecule has 0 saturated carbocycles. The molecule has 1 aromatic carbocycles. The highest BCUT2D eigenvalue weighted by molar-refractivity contribution is 6.76. The molecule has 142 valence electrons. The van der Waals surface area contributed by atoms with Gasteiger partial charge in [0.05, 0.1) is 11.9 Å². The van der Waals surface area contributed by atoms with Gasteiger partial charge in [0.25, 0.3) is 0 Å². The second-order valence-electron chi connectivity index (χ2n) is 8.67. The smallest absolute Gasteiger partial charge is 0.124 e. The third kappa shape index (κ3) is 5.06. The van der Waals surface area contributed by atoms with Crippen LogP contribution in [-0.2, 0) is 11.5 Å². The SMILES string of the molecule is Cc1cccc(-c2cnc(C3CCNCC3)n2COCC[Si](C)(C)C)c1. The number of benzene rings is 1. The molecular formula is C21H33N3OSi. The Hall–Kier alpha value is -1.43. The predicted molar refractivity (Wildman–Crippen MR) is 111 cm³/mol. The predicted octanol–water partition coefficient (Wildman–Crippen LogP) is 4.64. The Morgan fingerprint density at radius 1 is 1.23 bits per heavy atom. The third-order valence-corrected chi connectivity index (χ3v) is 6.83. The molecule has 0 radical (unpaired) electrons. The summed E-state index contributed by atoms with van der Waals surface area (Å²) in [6.45, 7) is 12.9. The first kappa shape index (κ1) is 19.3. The Morgan fingerprint density at radius 3 is 2.69 bits per heavy atom. The molecule has 2 aromatic rings. The van der Waals surface area contributed by atoms with Gasteiger partial charge in [0.2, 0.25) is 0 Å². The minimum absolute atomic E-state index is 0.524. The van der Waals surface area contributed by atoms with E-state index in [2.05, 4.69) is 60.7 Å². The molecular weight excluding hydrogens is 338 g/mol. The highest BCUT2D eigenvalue weighted by Crippen LogP contribution is 2.29. The number of nitrogens with zero attached hydrogens (tertiary/aromatic N) is 2. The third-order valence-electron chi connectivity index (χ3n) is 5.12. The molecule has 0 unspecified atom stereocenters. The molecule has 3 rings (SSSR count). The molecule has 26 heavy (non-hydrogen) atoms.